The average molecular weight is 120 g/mol. The number of fused-ring (bicyclic) bond motifs is 1. The van der Waals surface area contributed by atoms with Crippen LogP contribution in [0.15, 0.2) is 30.7 Å². The number of nitrogens with zero attached hydrogens (tertiary/aromatic N) is 1. The lowest BCUT2D eigenvalue weighted by atomic mass is 10.3. The summed E-state index contributed by atoms with van der Waals surface area (Å²) >= 11 is 0. The van der Waals surface area contributed by atoms with Crippen LogP contribution in [0.5, 0.6) is 0 Å². The number of hydrogen-bond donors (Lipinski definition) is 1. The summed E-state index contributed by atoms with van der Waals surface area (Å²) in [6.45, 7) is 0. The monoisotopic (exact) mass is 120 g/mol. The van der Waals surface area contributed by atoms with E-state index < -0.39 is 0 Å². The van der Waals surface area contributed by atoms with Crippen molar-refractivity contribution in [3.8, 4) is 0 Å². The van der Waals surface area contributed by atoms with Crippen molar-refractivity contribution < 1.29 is 1.43 Å². The highest BCUT2D eigenvalue weighted by Gasteiger charge is 1.87. The van der Waals surface area contributed by atoms with E-state index in [9.17, 15) is 0 Å². The molecule has 0 aliphatic carbocycles. The Balaban J connectivity index is 0.000000500. The fourth-order valence-corrected chi connectivity index (χ4v) is 0.892. The van der Waals surface area contributed by atoms with Gasteiger partial charge in [-0.3, -0.25) is 4.98 Å². The van der Waals surface area contributed by atoms with Gasteiger partial charge in [0.05, 0.1) is 0 Å². The Morgan fingerprint density at radius 3 is 3.33 bits per heavy atom. The fourth-order valence-electron chi connectivity index (χ4n) is 0.892. The van der Waals surface area contributed by atoms with E-state index >= 15 is 0 Å². The van der Waals surface area contributed by atoms with Gasteiger partial charge in [0.2, 0.25) is 0 Å². The SMILES string of the molecule is [HH].c1cc2[nH]ccc2cn1. The van der Waals surface area contributed by atoms with Crippen LogP contribution in [0.25, 0.3) is 10.9 Å². The van der Waals surface area contributed by atoms with Crippen LogP contribution >= 0.6 is 0 Å². The first-order valence-electron chi connectivity index (χ1n) is 2.84. The van der Waals surface area contributed by atoms with Crippen molar-refractivity contribution in [1.82, 2.24) is 9.97 Å². The zero-order valence-electron chi connectivity index (χ0n) is 4.83. The molecule has 0 amide bonds. The summed E-state index contributed by atoms with van der Waals surface area (Å²) in [5.41, 5.74) is 1.14. The van der Waals surface area contributed by atoms with Gasteiger partial charge in [0, 0.05) is 30.9 Å². The molecule has 0 aliphatic rings. The van der Waals surface area contributed by atoms with Gasteiger partial charge < -0.3 is 4.98 Å². The lowest BCUT2D eigenvalue weighted by molar-refractivity contribution is 1.36. The minimum Gasteiger partial charge on any atom is -0.361 e. The largest absolute Gasteiger partial charge is 0.361 e. The van der Waals surface area contributed by atoms with Crippen LogP contribution in [-0.2, 0) is 0 Å². The number of pyridine rings is 1. The van der Waals surface area contributed by atoms with Crippen LogP contribution in [0.4, 0.5) is 0 Å². The van der Waals surface area contributed by atoms with Gasteiger partial charge in [-0.05, 0) is 12.1 Å². The van der Waals surface area contributed by atoms with E-state index in [0.29, 0.717) is 0 Å². The molecule has 2 aromatic rings. The number of H-pyrrole nitrogens is 1. The Morgan fingerprint density at radius 1 is 1.44 bits per heavy atom. The Bertz CT molecular complexity index is 286. The first-order chi connectivity index (χ1) is 4.47. The molecule has 1 N–H and O–H groups in total. The molecule has 9 heavy (non-hydrogen) atoms. The van der Waals surface area contributed by atoms with Crippen molar-refractivity contribution in [2.45, 2.75) is 0 Å². The van der Waals surface area contributed by atoms with Crippen LogP contribution in [0.1, 0.15) is 1.43 Å². The molecular formula is C7H8N2. The summed E-state index contributed by atoms with van der Waals surface area (Å²) < 4.78 is 0. The molecule has 0 atom stereocenters. The normalized spacial score (nSPS) is 10.2. The van der Waals surface area contributed by atoms with Gasteiger partial charge in [0.15, 0.2) is 0 Å². The summed E-state index contributed by atoms with van der Waals surface area (Å²) in [7, 11) is 0. The third kappa shape index (κ3) is 0.598. The predicted octanol–water partition coefficient (Wildman–Crippen LogP) is 1.81. The van der Waals surface area contributed by atoms with E-state index in [2.05, 4.69) is 9.97 Å². The highest BCUT2D eigenvalue weighted by Crippen LogP contribution is 2.07. The molecule has 2 heterocycles. The minimum absolute atomic E-state index is 0. The number of hydrogen-bond acceptors (Lipinski definition) is 1. The molecule has 2 rings (SSSR count). The van der Waals surface area contributed by atoms with Gasteiger partial charge in [0.25, 0.3) is 0 Å². The predicted molar refractivity (Wildman–Crippen MR) is 38.2 cm³/mol. The van der Waals surface area contributed by atoms with Crippen LogP contribution in [0, 0.1) is 0 Å². The number of aromatic nitrogens is 2. The van der Waals surface area contributed by atoms with Crippen molar-refractivity contribution in [2.24, 2.45) is 0 Å². The Hall–Kier alpha value is -1.31. The first-order valence-corrected chi connectivity index (χ1v) is 2.84. The molecule has 0 radical (unpaired) electrons. The molecule has 2 aromatic heterocycles. The van der Waals surface area contributed by atoms with Crippen molar-refractivity contribution in [2.75, 3.05) is 0 Å². The zero-order chi connectivity index (χ0) is 6.10. The van der Waals surface area contributed by atoms with Crippen molar-refractivity contribution in [3.63, 3.8) is 0 Å². The standard InChI is InChI=1S/C7H6N2.H2/c1-4-9-7-2-3-8-5-6(1)7;/h1-5,9H;1H. The van der Waals surface area contributed by atoms with Crippen LogP contribution in [0.3, 0.4) is 0 Å². The van der Waals surface area contributed by atoms with Crippen LogP contribution in [-0.4, -0.2) is 9.97 Å². The summed E-state index contributed by atoms with van der Waals surface area (Å²) in [4.78, 5) is 7.04. The third-order valence-electron chi connectivity index (χ3n) is 1.35. The van der Waals surface area contributed by atoms with E-state index in [1.54, 1.807) is 6.20 Å². The van der Waals surface area contributed by atoms with Gasteiger partial charge in [0.1, 0.15) is 0 Å². The topological polar surface area (TPSA) is 28.7 Å². The van der Waals surface area contributed by atoms with Crippen LogP contribution < -0.4 is 0 Å². The van der Waals surface area contributed by atoms with E-state index in [4.69, 9.17) is 0 Å². The quantitative estimate of drug-likeness (QED) is 0.564. The maximum atomic E-state index is 3.97. The van der Waals surface area contributed by atoms with E-state index in [1.807, 2.05) is 24.5 Å². The van der Waals surface area contributed by atoms with E-state index in [-0.39, 0.29) is 1.43 Å². The molecule has 0 saturated heterocycles. The van der Waals surface area contributed by atoms with Crippen molar-refractivity contribution >= 4 is 10.9 Å². The molecule has 0 saturated carbocycles. The number of nitrogens with one attached hydrogen (secondary N) is 1. The van der Waals surface area contributed by atoms with Gasteiger partial charge in [-0.25, -0.2) is 0 Å². The molecular weight excluding hydrogens is 112 g/mol. The molecule has 2 heteroatoms. The van der Waals surface area contributed by atoms with E-state index in [0.717, 1.165) is 10.9 Å². The molecule has 0 spiro atoms. The third-order valence-corrected chi connectivity index (χ3v) is 1.35. The van der Waals surface area contributed by atoms with Gasteiger partial charge >= 0.3 is 0 Å². The van der Waals surface area contributed by atoms with Gasteiger partial charge in [-0.1, -0.05) is 0 Å². The lowest BCUT2D eigenvalue weighted by Gasteiger charge is -1.82. The second kappa shape index (κ2) is 1.58. The van der Waals surface area contributed by atoms with E-state index in [1.165, 1.54) is 0 Å². The number of rotatable bonds is 0. The Kier molecular flexibility index (Phi) is 0.803. The second-order valence-electron chi connectivity index (χ2n) is 1.94. The van der Waals surface area contributed by atoms with Crippen molar-refractivity contribution in [1.29, 1.82) is 0 Å². The lowest BCUT2D eigenvalue weighted by Crippen LogP contribution is -1.67. The fraction of sp³-hybridized carbons (Fsp3) is 0. The highest BCUT2D eigenvalue weighted by molar-refractivity contribution is 5.77. The average Bonchev–Trinajstić information content (AvgIpc) is 2.33. The van der Waals surface area contributed by atoms with Gasteiger partial charge in [-0.2, -0.15) is 0 Å². The molecule has 0 aromatic carbocycles. The Morgan fingerprint density at radius 2 is 2.44 bits per heavy atom. The highest BCUT2D eigenvalue weighted by atomic mass is 14.7. The van der Waals surface area contributed by atoms with Crippen LogP contribution in [0.2, 0.25) is 0 Å². The maximum absolute atomic E-state index is 3.97. The summed E-state index contributed by atoms with van der Waals surface area (Å²) in [5.74, 6) is 0. The molecule has 0 fully saturated rings. The number of aromatic amines is 1. The zero-order valence-corrected chi connectivity index (χ0v) is 4.83. The Labute approximate surface area is 54.0 Å². The molecule has 2 nitrogen and oxygen atoms in total. The molecule has 0 unspecified atom stereocenters. The summed E-state index contributed by atoms with van der Waals surface area (Å²) in [5, 5.41) is 1.16. The molecule has 0 aliphatic heterocycles. The molecule has 0 bridgehead atoms. The summed E-state index contributed by atoms with van der Waals surface area (Å²) in [6, 6.07) is 3.96. The summed E-state index contributed by atoms with van der Waals surface area (Å²) in [6.07, 6.45) is 5.52. The van der Waals surface area contributed by atoms with Crippen molar-refractivity contribution in [3.05, 3.63) is 30.7 Å². The minimum atomic E-state index is 0. The second-order valence-corrected chi connectivity index (χ2v) is 1.94. The first kappa shape index (κ1) is 4.56. The van der Waals surface area contributed by atoms with Gasteiger partial charge in [-0.15, -0.1) is 0 Å². The molecule has 46 valence electrons. The maximum Gasteiger partial charge on any atom is 0.0484 e. The smallest absolute Gasteiger partial charge is 0.0484 e.